The number of ketones is 1. The minimum Gasteiger partial charge on any atom is -0.349 e. The van der Waals surface area contributed by atoms with Crippen molar-refractivity contribution in [2.75, 3.05) is 11.6 Å². The molecule has 0 aliphatic rings. The van der Waals surface area contributed by atoms with E-state index in [1.807, 2.05) is 6.07 Å². The van der Waals surface area contributed by atoms with Gasteiger partial charge in [-0.1, -0.05) is 41.9 Å². The van der Waals surface area contributed by atoms with E-state index in [1.54, 1.807) is 60.9 Å². The first-order valence-electron chi connectivity index (χ1n) is 8.76. The van der Waals surface area contributed by atoms with Crippen molar-refractivity contribution in [1.82, 2.24) is 0 Å². The number of benzene rings is 2. The Kier molecular flexibility index (Phi) is 7.11. The standard InChI is InChI=1S/C22H14ClF3N2OS2/c1-30-21(28-15-9-7-14(23)8-10-15)17(12-27)19(29)18-11-16(13-5-3-2-4-6-13)20(31-18)22(24,25)26/h2-11,28H,1H3. The summed E-state index contributed by atoms with van der Waals surface area (Å²) in [6.07, 6.45) is -2.97. The number of nitrogens with zero attached hydrogens (tertiary/aromatic N) is 1. The molecule has 0 atom stereocenters. The van der Waals surface area contributed by atoms with Crippen LogP contribution >= 0.6 is 34.7 Å². The fraction of sp³-hybridized carbons (Fsp3) is 0.0909. The molecule has 0 amide bonds. The molecule has 0 radical (unpaired) electrons. The summed E-state index contributed by atoms with van der Waals surface area (Å²) in [7, 11) is 0. The number of Topliss-reactive ketones (excluding diaryl/α,β-unsaturated/α-hetero) is 1. The number of nitrogens with one attached hydrogen (secondary N) is 1. The summed E-state index contributed by atoms with van der Waals surface area (Å²) < 4.78 is 40.9. The Morgan fingerprint density at radius 3 is 2.32 bits per heavy atom. The smallest absolute Gasteiger partial charge is 0.349 e. The van der Waals surface area contributed by atoms with E-state index in [4.69, 9.17) is 11.6 Å². The van der Waals surface area contributed by atoms with Crippen LogP contribution < -0.4 is 5.32 Å². The lowest BCUT2D eigenvalue weighted by molar-refractivity contribution is -0.133. The Hall–Kier alpha value is -2.73. The number of nitriles is 1. The molecule has 1 aromatic heterocycles. The SMILES string of the molecule is CSC(Nc1ccc(Cl)cc1)=C(C#N)C(=O)c1cc(-c2ccccc2)c(C(F)(F)F)s1. The van der Waals surface area contributed by atoms with Crippen LogP contribution in [0, 0.1) is 11.3 Å². The normalized spacial score (nSPS) is 12.1. The van der Waals surface area contributed by atoms with E-state index in [-0.39, 0.29) is 21.0 Å². The highest BCUT2D eigenvalue weighted by molar-refractivity contribution is 8.02. The third-order valence-electron chi connectivity index (χ3n) is 4.17. The van der Waals surface area contributed by atoms with Crippen molar-refractivity contribution in [3.05, 3.63) is 86.0 Å². The minimum absolute atomic E-state index is 0.0879. The monoisotopic (exact) mass is 478 g/mol. The first kappa shape index (κ1) is 22.9. The molecule has 0 fully saturated rings. The van der Waals surface area contributed by atoms with Gasteiger partial charge in [0.25, 0.3) is 0 Å². The molecule has 0 bridgehead atoms. The van der Waals surface area contributed by atoms with Gasteiger partial charge in [-0.3, -0.25) is 4.79 Å². The van der Waals surface area contributed by atoms with Gasteiger partial charge in [-0.05, 0) is 42.2 Å². The van der Waals surface area contributed by atoms with Crippen LogP contribution in [-0.4, -0.2) is 12.0 Å². The maximum Gasteiger partial charge on any atom is 0.426 e. The van der Waals surface area contributed by atoms with Crippen LogP contribution in [0.5, 0.6) is 0 Å². The van der Waals surface area contributed by atoms with Gasteiger partial charge in [0.1, 0.15) is 16.5 Å². The number of rotatable bonds is 6. The molecule has 9 heteroatoms. The number of hydrogen-bond acceptors (Lipinski definition) is 5. The van der Waals surface area contributed by atoms with E-state index in [0.717, 1.165) is 11.8 Å². The molecule has 0 unspecified atom stereocenters. The van der Waals surface area contributed by atoms with Crippen LogP contribution in [-0.2, 0) is 6.18 Å². The second-order valence-electron chi connectivity index (χ2n) is 6.20. The molecule has 3 rings (SSSR count). The largest absolute Gasteiger partial charge is 0.426 e. The maximum absolute atomic E-state index is 13.6. The van der Waals surface area contributed by atoms with Gasteiger partial charge in [-0.25, -0.2) is 0 Å². The minimum atomic E-state index is -4.63. The van der Waals surface area contributed by atoms with Gasteiger partial charge in [0.05, 0.1) is 9.91 Å². The highest BCUT2D eigenvalue weighted by Gasteiger charge is 2.37. The predicted octanol–water partition coefficient (Wildman–Crippen LogP) is 7.48. The summed E-state index contributed by atoms with van der Waals surface area (Å²) in [5, 5.41) is 13.3. The van der Waals surface area contributed by atoms with Gasteiger partial charge in [-0.15, -0.1) is 23.1 Å². The Morgan fingerprint density at radius 1 is 1.13 bits per heavy atom. The highest BCUT2D eigenvalue weighted by Crippen LogP contribution is 2.43. The van der Waals surface area contributed by atoms with E-state index >= 15 is 0 Å². The van der Waals surface area contributed by atoms with Gasteiger partial charge in [0.15, 0.2) is 0 Å². The van der Waals surface area contributed by atoms with Crippen LogP contribution in [0.4, 0.5) is 18.9 Å². The van der Waals surface area contributed by atoms with Crippen molar-refractivity contribution in [3.63, 3.8) is 0 Å². The number of hydrogen-bond donors (Lipinski definition) is 1. The predicted molar refractivity (Wildman–Crippen MR) is 120 cm³/mol. The van der Waals surface area contributed by atoms with Crippen molar-refractivity contribution in [1.29, 1.82) is 5.26 Å². The van der Waals surface area contributed by atoms with Crippen molar-refractivity contribution in [2.45, 2.75) is 6.18 Å². The fourth-order valence-electron chi connectivity index (χ4n) is 2.75. The second-order valence-corrected chi connectivity index (χ2v) is 8.50. The fourth-order valence-corrected chi connectivity index (χ4v) is 4.44. The number of halogens is 4. The topological polar surface area (TPSA) is 52.9 Å². The van der Waals surface area contributed by atoms with Crippen molar-refractivity contribution in [2.24, 2.45) is 0 Å². The molecular weight excluding hydrogens is 465 g/mol. The molecule has 0 spiro atoms. The lowest BCUT2D eigenvalue weighted by atomic mass is 10.0. The summed E-state index contributed by atoms with van der Waals surface area (Å²) in [6, 6.07) is 17.7. The van der Waals surface area contributed by atoms with Gasteiger partial charge < -0.3 is 5.32 Å². The van der Waals surface area contributed by atoms with E-state index in [9.17, 15) is 23.2 Å². The van der Waals surface area contributed by atoms with Gasteiger partial charge >= 0.3 is 6.18 Å². The maximum atomic E-state index is 13.6. The third kappa shape index (κ3) is 5.31. The van der Waals surface area contributed by atoms with Crippen molar-refractivity contribution < 1.29 is 18.0 Å². The first-order chi connectivity index (χ1) is 14.7. The van der Waals surface area contributed by atoms with Crippen molar-refractivity contribution >= 4 is 46.2 Å². The van der Waals surface area contributed by atoms with Crippen LogP contribution in [0.1, 0.15) is 14.5 Å². The Labute approximate surface area is 190 Å². The zero-order chi connectivity index (χ0) is 22.6. The number of anilines is 1. The molecule has 3 nitrogen and oxygen atoms in total. The molecule has 31 heavy (non-hydrogen) atoms. The molecule has 1 N–H and O–H groups in total. The van der Waals surface area contributed by atoms with Crippen molar-refractivity contribution in [3.8, 4) is 17.2 Å². The molecule has 0 saturated carbocycles. The van der Waals surface area contributed by atoms with E-state index < -0.39 is 16.8 Å². The molecular formula is C22H14ClF3N2OS2. The van der Waals surface area contributed by atoms with Gasteiger partial charge in [0, 0.05) is 16.3 Å². The number of carbonyl (C=O) groups is 1. The number of carbonyl (C=O) groups excluding carboxylic acids is 1. The van der Waals surface area contributed by atoms with E-state index in [1.165, 1.54) is 6.07 Å². The lowest BCUT2D eigenvalue weighted by Gasteiger charge is -2.10. The zero-order valence-electron chi connectivity index (χ0n) is 16.0. The quantitative estimate of drug-likeness (QED) is 0.226. The first-order valence-corrected chi connectivity index (χ1v) is 11.2. The summed E-state index contributed by atoms with van der Waals surface area (Å²) in [6.45, 7) is 0. The molecule has 158 valence electrons. The number of thioether (sulfide) groups is 1. The third-order valence-corrected chi connectivity index (χ3v) is 6.32. The number of alkyl halides is 3. The van der Waals surface area contributed by atoms with Crippen LogP contribution in [0.25, 0.3) is 11.1 Å². The van der Waals surface area contributed by atoms with Gasteiger partial charge in [-0.2, -0.15) is 18.4 Å². The molecule has 0 aliphatic heterocycles. The molecule has 3 aromatic rings. The second kappa shape index (κ2) is 9.60. The average molecular weight is 479 g/mol. The molecule has 0 saturated heterocycles. The molecule has 1 heterocycles. The summed E-state index contributed by atoms with van der Waals surface area (Å²) in [5.41, 5.74) is 0.575. The average Bonchev–Trinajstić information content (AvgIpc) is 3.21. The number of thiophene rings is 1. The Morgan fingerprint density at radius 2 is 1.77 bits per heavy atom. The van der Waals surface area contributed by atoms with Crippen LogP contribution in [0.15, 0.2) is 71.3 Å². The zero-order valence-corrected chi connectivity index (χ0v) is 18.3. The van der Waals surface area contributed by atoms with E-state index in [2.05, 4.69) is 5.32 Å². The van der Waals surface area contributed by atoms with Gasteiger partial charge in [0.2, 0.25) is 5.78 Å². The van der Waals surface area contributed by atoms with E-state index in [0.29, 0.717) is 27.6 Å². The summed E-state index contributed by atoms with van der Waals surface area (Å²) in [4.78, 5) is 12.0. The molecule has 2 aromatic carbocycles. The Bertz CT molecular complexity index is 1160. The van der Waals surface area contributed by atoms with Crippen LogP contribution in [0.2, 0.25) is 5.02 Å². The van der Waals surface area contributed by atoms with Crippen LogP contribution in [0.3, 0.4) is 0 Å². The lowest BCUT2D eigenvalue weighted by Crippen LogP contribution is -2.08. The molecule has 0 aliphatic carbocycles. The summed E-state index contributed by atoms with van der Waals surface area (Å²) >= 11 is 7.31. The number of allylic oxidation sites excluding steroid dienone is 1. The summed E-state index contributed by atoms with van der Waals surface area (Å²) in [5.74, 6) is -0.772. The highest BCUT2D eigenvalue weighted by atomic mass is 35.5. The Balaban J connectivity index is 2.05.